The molecule has 3 atom stereocenters. The number of methoxy groups -OCH3 is 1. The summed E-state index contributed by atoms with van der Waals surface area (Å²) in [6, 6.07) is 0.603. The molecule has 0 aromatic carbocycles. The second kappa shape index (κ2) is 6.41. The van der Waals surface area contributed by atoms with Gasteiger partial charge >= 0.3 is 0 Å². The highest BCUT2D eigenvalue weighted by Crippen LogP contribution is 2.29. The molecular formula is C12H25NO. The Bertz CT molecular complexity index is 149. The molecule has 0 bridgehead atoms. The van der Waals surface area contributed by atoms with Gasteiger partial charge in [-0.05, 0) is 44.6 Å². The van der Waals surface area contributed by atoms with E-state index in [1.54, 1.807) is 7.11 Å². The summed E-state index contributed by atoms with van der Waals surface area (Å²) in [6.07, 6.45) is 5.40. The lowest BCUT2D eigenvalue weighted by atomic mass is 10.1. The Kier molecular flexibility index (Phi) is 5.49. The van der Waals surface area contributed by atoms with Gasteiger partial charge in [0.1, 0.15) is 0 Å². The first kappa shape index (κ1) is 12.0. The fourth-order valence-corrected chi connectivity index (χ4v) is 2.27. The monoisotopic (exact) mass is 199 g/mol. The summed E-state index contributed by atoms with van der Waals surface area (Å²) < 4.78 is 5.06. The van der Waals surface area contributed by atoms with Crippen molar-refractivity contribution in [3.05, 3.63) is 0 Å². The molecule has 1 saturated carbocycles. The van der Waals surface area contributed by atoms with Crippen molar-refractivity contribution < 1.29 is 4.74 Å². The van der Waals surface area contributed by atoms with Crippen molar-refractivity contribution in [1.82, 2.24) is 5.32 Å². The van der Waals surface area contributed by atoms with Crippen molar-refractivity contribution in [3.8, 4) is 0 Å². The number of ether oxygens (including phenoxy) is 1. The zero-order chi connectivity index (χ0) is 10.4. The third-order valence-electron chi connectivity index (χ3n) is 3.31. The van der Waals surface area contributed by atoms with Crippen molar-refractivity contribution in [2.75, 3.05) is 20.3 Å². The van der Waals surface area contributed by atoms with Crippen LogP contribution in [-0.2, 0) is 4.74 Å². The molecule has 1 rings (SSSR count). The van der Waals surface area contributed by atoms with Crippen LogP contribution in [0, 0.1) is 11.8 Å². The van der Waals surface area contributed by atoms with Crippen molar-refractivity contribution in [2.24, 2.45) is 11.8 Å². The summed E-state index contributed by atoms with van der Waals surface area (Å²) in [5.41, 5.74) is 0. The fraction of sp³-hybridized carbons (Fsp3) is 1.00. The molecule has 84 valence electrons. The number of nitrogens with one attached hydrogen (secondary N) is 1. The zero-order valence-electron chi connectivity index (χ0n) is 9.88. The van der Waals surface area contributed by atoms with E-state index in [4.69, 9.17) is 4.74 Å². The van der Waals surface area contributed by atoms with E-state index < -0.39 is 0 Å². The van der Waals surface area contributed by atoms with E-state index in [1.807, 2.05) is 0 Å². The van der Waals surface area contributed by atoms with Gasteiger partial charge in [-0.1, -0.05) is 13.3 Å². The number of rotatable bonds is 6. The molecule has 1 aliphatic rings. The minimum Gasteiger partial charge on any atom is -0.385 e. The molecule has 3 unspecified atom stereocenters. The van der Waals surface area contributed by atoms with E-state index >= 15 is 0 Å². The molecule has 0 radical (unpaired) electrons. The normalized spacial score (nSPS) is 29.4. The van der Waals surface area contributed by atoms with Crippen LogP contribution < -0.4 is 5.32 Å². The van der Waals surface area contributed by atoms with Crippen LogP contribution in [0.4, 0.5) is 0 Å². The van der Waals surface area contributed by atoms with E-state index in [2.05, 4.69) is 19.2 Å². The first-order valence-electron chi connectivity index (χ1n) is 5.94. The lowest BCUT2D eigenvalue weighted by molar-refractivity contribution is 0.184. The van der Waals surface area contributed by atoms with Crippen molar-refractivity contribution in [1.29, 1.82) is 0 Å². The zero-order valence-corrected chi connectivity index (χ0v) is 9.88. The summed E-state index contributed by atoms with van der Waals surface area (Å²) in [7, 11) is 1.77. The van der Waals surface area contributed by atoms with Crippen LogP contribution in [0.15, 0.2) is 0 Å². The second-order valence-corrected chi connectivity index (χ2v) is 4.88. The van der Waals surface area contributed by atoms with Crippen LogP contribution in [0.1, 0.15) is 39.5 Å². The maximum Gasteiger partial charge on any atom is 0.0476 e. The highest BCUT2D eigenvalue weighted by atomic mass is 16.5. The Labute approximate surface area is 88.4 Å². The predicted molar refractivity (Wildman–Crippen MR) is 60.5 cm³/mol. The molecule has 0 aromatic heterocycles. The van der Waals surface area contributed by atoms with E-state index in [-0.39, 0.29) is 0 Å². The molecule has 0 aliphatic heterocycles. The van der Waals surface area contributed by atoms with E-state index in [0.29, 0.717) is 6.04 Å². The molecule has 14 heavy (non-hydrogen) atoms. The van der Waals surface area contributed by atoms with E-state index in [0.717, 1.165) is 24.9 Å². The third kappa shape index (κ3) is 4.43. The Hall–Kier alpha value is -0.0800. The number of hydrogen-bond donors (Lipinski definition) is 1. The molecule has 0 spiro atoms. The van der Waals surface area contributed by atoms with Gasteiger partial charge in [-0.25, -0.2) is 0 Å². The Morgan fingerprint density at radius 1 is 1.43 bits per heavy atom. The molecular weight excluding hydrogens is 174 g/mol. The van der Waals surface area contributed by atoms with Crippen LogP contribution >= 0.6 is 0 Å². The molecule has 0 amide bonds. The molecule has 2 nitrogen and oxygen atoms in total. The van der Waals surface area contributed by atoms with Gasteiger partial charge in [0.15, 0.2) is 0 Å². The third-order valence-corrected chi connectivity index (χ3v) is 3.31. The SMILES string of the molecule is COCCC(C)NCC1CCC(C)C1. The first-order chi connectivity index (χ1) is 6.72. The minimum atomic E-state index is 0.603. The maximum absolute atomic E-state index is 5.06. The summed E-state index contributed by atoms with van der Waals surface area (Å²) in [4.78, 5) is 0. The topological polar surface area (TPSA) is 21.3 Å². The Balaban J connectivity index is 2.02. The van der Waals surface area contributed by atoms with Gasteiger partial charge in [0.25, 0.3) is 0 Å². The molecule has 0 aromatic rings. The molecule has 0 heterocycles. The minimum absolute atomic E-state index is 0.603. The van der Waals surface area contributed by atoms with Gasteiger partial charge in [0.2, 0.25) is 0 Å². The molecule has 1 aliphatic carbocycles. The predicted octanol–water partition coefficient (Wildman–Crippen LogP) is 2.44. The summed E-state index contributed by atoms with van der Waals surface area (Å²) in [5.74, 6) is 1.88. The Morgan fingerprint density at radius 2 is 2.21 bits per heavy atom. The summed E-state index contributed by atoms with van der Waals surface area (Å²) in [6.45, 7) is 6.69. The van der Waals surface area contributed by atoms with Crippen molar-refractivity contribution in [2.45, 2.75) is 45.6 Å². The van der Waals surface area contributed by atoms with Crippen molar-refractivity contribution in [3.63, 3.8) is 0 Å². The average molecular weight is 199 g/mol. The van der Waals surface area contributed by atoms with Crippen LogP contribution in [0.25, 0.3) is 0 Å². The lowest BCUT2D eigenvalue weighted by Gasteiger charge is -2.16. The van der Waals surface area contributed by atoms with Crippen molar-refractivity contribution >= 4 is 0 Å². The second-order valence-electron chi connectivity index (χ2n) is 4.88. The largest absolute Gasteiger partial charge is 0.385 e. The van der Waals surface area contributed by atoms with Gasteiger partial charge in [0, 0.05) is 19.8 Å². The van der Waals surface area contributed by atoms with E-state index in [1.165, 1.54) is 25.8 Å². The highest BCUT2D eigenvalue weighted by Gasteiger charge is 2.21. The number of hydrogen-bond acceptors (Lipinski definition) is 2. The lowest BCUT2D eigenvalue weighted by Crippen LogP contribution is -2.31. The standard InChI is InChI=1S/C12H25NO/c1-10-4-5-12(8-10)9-13-11(2)6-7-14-3/h10-13H,4-9H2,1-3H3. The molecule has 1 fully saturated rings. The molecule has 0 saturated heterocycles. The fourth-order valence-electron chi connectivity index (χ4n) is 2.27. The average Bonchev–Trinajstić information content (AvgIpc) is 2.58. The smallest absolute Gasteiger partial charge is 0.0476 e. The van der Waals surface area contributed by atoms with Crippen LogP contribution in [0.2, 0.25) is 0 Å². The molecule has 1 N–H and O–H groups in total. The van der Waals surface area contributed by atoms with Gasteiger partial charge in [-0.2, -0.15) is 0 Å². The van der Waals surface area contributed by atoms with Crippen LogP contribution in [0.5, 0.6) is 0 Å². The van der Waals surface area contributed by atoms with Gasteiger partial charge in [-0.15, -0.1) is 0 Å². The summed E-state index contributed by atoms with van der Waals surface area (Å²) in [5, 5.41) is 3.60. The van der Waals surface area contributed by atoms with Crippen LogP contribution in [-0.4, -0.2) is 26.3 Å². The first-order valence-corrected chi connectivity index (χ1v) is 5.94. The van der Waals surface area contributed by atoms with Gasteiger partial charge < -0.3 is 10.1 Å². The summed E-state index contributed by atoms with van der Waals surface area (Å²) >= 11 is 0. The van der Waals surface area contributed by atoms with Gasteiger partial charge in [0.05, 0.1) is 0 Å². The van der Waals surface area contributed by atoms with E-state index in [9.17, 15) is 0 Å². The van der Waals surface area contributed by atoms with Gasteiger partial charge in [-0.3, -0.25) is 0 Å². The van der Waals surface area contributed by atoms with Crippen LogP contribution in [0.3, 0.4) is 0 Å². The highest BCUT2D eigenvalue weighted by molar-refractivity contribution is 4.75. The quantitative estimate of drug-likeness (QED) is 0.709. The maximum atomic E-state index is 5.06. The molecule has 2 heteroatoms. The Morgan fingerprint density at radius 3 is 2.79 bits per heavy atom.